The molecule has 3 aromatic rings. The highest BCUT2D eigenvalue weighted by Crippen LogP contribution is 2.34. The van der Waals surface area contributed by atoms with E-state index in [4.69, 9.17) is 9.72 Å². The van der Waals surface area contributed by atoms with Gasteiger partial charge in [0.25, 0.3) is 0 Å². The van der Waals surface area contributed by atoms with Gasteiger partial charge in [0.1, 0.15) is 17.1 Å². The van der Waals surface area contributed by atoms with Crippen molar-refractivity contribution in [1.82, 2.24) is 9.55 Å². The first-order valence-corrected chi connectivity index (χ1v) is 12.6. The number of fused-ring (bicyclic) bond motifs is 2. The minimum absolute atomic E-state index is 0.242. The number of esters is 1. The van der Waals surface area contributed by atoms with Crippen molar-refractivity contribution in [1.29, 1.82) is 5.26 Å². The summed E-state index contributed by atoms with van der Waals surface area (Å²) in [6, 6.07) is 16.8. The maximum absolute atomic E-state index is 13.0. The van der Waals surface area contributed by atoms with E-state index in [0.29, 0.717) is 24.4 Å². The quantitative estimate of drug-likeness (QED) is 0.362. The molecule has 0 bridgehead atoms. The lowest BCUT2D eigenvalue weighted by atomic mass is 9.93. The molecule has 4 rings (SSSR count). The van der Waals surface area contributed by atoms with Crippen LogP contribution >= 0.6 is 0 Å². The predicted octanol–water partition coefficient (Wildman–Crippen LogP) is 5.34. The Morgan fingerprint density at radius 2 is 1.89 bits per heavy atom. The molecule has 0 saturated carbocycles. The molecule has 36 heavy (non-hydrogen) atoms. The molecule has 1 aliphatic rings. The standard InChI is InChI=1S/C30H33N3O3/c1-5-9-26-32-28(30(3,4)35)27(29(34)36-6-2)33(26)19-20-12-15-24-22(18-20)14-13-21-10-7-8-11-23(21)25(24)16-17-31/h7-8,10-12,15-16,18,35H,5-6,9,13-14,19H2,1-4H3. The number of benzene rings is 2. The zero-order valence-electron chi connectivity index (χ0n) is 21.5. The summed E-state index contributed by atoms with van der Waals surface area (Å²) in [5, 5.41) is 20.3. The lowest BCUT2D eigenvalue weighted by Gasteiger charge is -2.18. The number of allylic oxidation sites excluding steroid dienone is 1. The van der Waals surface area contributed by atoms with Crippen LogP contribution in [0.2, 0.25) is 0 Å². The number of hydrogen-bond donors (Lipinski definition) is 1. The second kappa shape index (κ2) is 10.5. The average molecular weight is 484 g/mol. The predicted molar refractivity (Wildman–Crippen MR) is 140 cm³/mol. The van der Waals surface area contributed by atoms with Crippen molar-refractivity contribution in [2.75, 3.05) is 6.61 Å². The molecule has 0 aliphatic heterocycles. The Labute approximate surface area is 212 Å². The lowest BCUT2D eigenvalue weighted by molar-refractivity contribution is 0.0469. The third-order valence-corrected chi connectivity index (χ3v) is 6.55. The van der Waals surface area contributed by atoms with Gasteiger partial charge in [-0.3, -0.25) is 0 Å². The van der Waals surface area contributed by atoms with E-state index in [9.17, 15) is 15.2 Å². The highest BCUT2D eigenvalue weighted by Gasteiger charge is 2.32. The molecule has 0 amide bonds. The number of hydrogen-bond acceptors (Lipinski definition) is 5. The van der Waals surface area contributed by atoms with Crippen molar-refractivity contribution in [3.63, 3.8) is 0 Å². The molecule has 1 aromatic heterocycles. The van der Waals surface area contributed by atoms with Gasteiger partial charge in [0, 0.05) is 19.0 Å². The molecule has 6 heteroatoms. The fourth-order valence-corrected chi connectivity index (χ4v) is 4.95. The van der Waals surface area contributed by atoms with E-state index >= 15 is 0 Å². The molecule has 2 aromatic carbocycles. The van der Waals surface area contributed by atoms with Crippen LogP contribution in [0.5, 0.6) is 0 Å². The van der Waals surface area contributed by atoms with Gasteiger partial charge in [0.2, 0.25) is 0 Å². The number of imidazole rings is 1. The van der Waals surface area contributed by atoms with E-state index in [1.54, 1.807) is 26.8 Å². The first-order valence-electron chi connectivity index (χ1n) is 12.6. The molecule has 0 atom stereocenters. The molecule has 0 spiro atoms. The number of nitrogens with zero attached hydrogens (tertiary/aromatic N) is 3. The van der Waals surface area contributed by atoms with Gasteiger partial charge in [0.15, 0.2) is 5.69 Å². The van der Waals surface area contributed by atoms with Crippen LogP contribution in [0.25, 0.3) is 5.57 Å². The number of aliphatic hydroxyl groups is 1. The largest absolute Gasteiger partial charge is 0.461 e. The minimum Gasteiger partial charge on any atom is -0.461 e. The fourth-order valence-electron chi connectivity index (χ4n) is 4.95. The topological polar surface area (TPSA) is 88.1 Å². The number of aryl methyl sites for hydroxylation is 3. The Kier molecular flexibility index (Phi) is 7.42. The van der Waals surface area contributed by atoms with Crippen molar-refractivity contribution < 1.29 is 14.6 Å². The average Bonchev–Trinajstić information content (AvgIpc) is 3.13. The van der Waals surface area contributed by atoms with Crippen LogP contribution < -0.4 is 0 Å². The molecule has 186 valence electrons. The third kappa shape index (κ3) is 4.98. The first-order chi connectivity index (χ1) is 17.3. The van der Waals surface area contributed by atoms with Gasteiger partial charge >= 0.3 is 5.97 Å². The molecular weight excluding hydrogens is 450 g/mol. The van der Waals surface area contributed by atoms with Gasteiger partial charge in [-0.2, -0.15) is 5.26 Å². The second-order valence-corrected chi connectivity index (χ2v) is 9.68. The zero-order valence-corrected chi connectivity index (χ0v) is 21.5. The summed E-state index contributed by atoms with van der Waals surface area (Å²) < 4.78 is 7.27. The van der Waals surface area contributed by atoms with E-state index in [-0.39, 0.29) is 6.61 Å². The highest BCUT2D eigenvalue weighted by molar-refractivity contribution is 5.89. The lowest BCUT2D eigenvalue weighted by Crippen LogP contribution is -2.23. The molecule has 6 nitrogen and oxygen atoms in total. The van der Waals surface area contributed by atoms with E-state index in [2.05, 4.69) is 37.3 Å². The van der Waals surface area contributed by atoms with E-state index in [0.717, 1.165) is 47.4 Å². The summed E-state index contributed by atoms with van der Waals surface area (Å²) in [4.78, 5) is 17.7. The number of ether oxygens (including phenoxy) is 1. The number of rotatable bonds is 7. The van der Waals surface area contributed by atoms with Gasteiger partial charge in [-0.05, 0) is 73.4 Å². The van der Waals surface area contributed by atoms with Crippen molar-refractivity contribution >= 4 is 11.5 Å². The van der Waals surface area contributed by atoms with Gasteiger partial charge < -0.3 is 14.4 Å². The number of carbonyl (C=O) groups excluding carboxylic acids is 1. The Balaban J connectivity index is 1.80. The van der Waals surface area contributed by atoms with Crippen LogP contribution in [0, 0.1) is 11.3 Å². The van der Waals surface area contributed by atoms with Crippen LogP contribution in [0.15, 0.2) is 48.5 Å². The molecule has 1 aliphatic carbocycles. The maximum Gasteiger partial charge on any atom is 0.357 e. The summed E-state index contributed by atoms with van der Waals surface area (Å²) in [7, 11) is 0. The monoisotopic (exact) mass is 483 g/mol. The first kappa shape index (κ1) is 25.4. The van der Waals surface area contributed by atoms with Gasteiger partial charge in [-0.1, -0.05) is 49.4 Å². The number of nitriles is 1. The molecule has 0 unspecified atom stereocenters. The van der Waals surface area contributed by atoms with E-state index in [1.165, 1.54) is 11.1 Å². The third-order valence-electron chi connectivity index (χ3n) is 6.55. The minimum atomic E-state index is -1.29. The van der Waals surface area contributed by atoms with Crippen LogP contribution in [0.3, 0.4) is 0 Å². The van der Waals surface area contributed by atoms with Crippen LogP contribution in [-0.2, 0) is 36.1 Å². The van der Waals surface area contributed by atoms with Gasteiger partial charge in [-0.15, -0.1) is 0 Å². The summed E-state index contributed by atoms with van der Waals surface area (Å²) in [6.07, 6.45) is 4.91. The summed E-state index contributed by atoms with van der Waals surface area (Å²) in [6.45, 7) is 7.79. The Hall–Kier alpha value is -3.69. The number of carbonyl (C=O) groups is 1. The molecular formula is C30H33N3O3. The molecule has 1 N–H and O–H groups in total. The Morgan fingerprint density at radius 1 is 1.17 bits per heavy atom. The van der Waals surface area contributed by atoms with Crippen molar-refractivity contribution in [3.05, 3.63) is 93.6 Å². The number of aromatic nitrogens is 2. The van der Waals surface area contributed by atoms with Crippen LogP contribution in [-0.4, -0.2) is 27.2 Å². The normalized spacial score (nSPS) is 14.1. The smallest absolute Gasteiger partial charge is 0.357 e. The highest BCUT2D eigenvalue weighted by atomic mass is 16.5. The molecule has 0 radical (unpaired) electrons. The molecule has 0 fully saturated rings. The van der Waals surface area contributed by atoms with E-state index < -0.39 is 11.6 Å². The van der Waals surface area contributed by atoms with Crippen LogP contribution in [0.4, 0.5) is 0 Å². The SMILES string of the molecule is CCCc1nc(C(C)(C)O)c(C(=O)OCC)n1Cc1ccc2c(c1)CCc1ccccc1C2=CC#N. The van der Waals surface area contributed by atoms with Crippen molar-refractivity contribution in [2.45, 2.75) is 65.5 Å². The van der Waals surface area contributed by atoms with Crippen molar-refractivity contribution in [2.24, 2.45) is 0 Å². The molecule has 0 saturated heterocycles. The summed E-state index contributed by atoms with van der Waals surface area (Å²) in [5.74, 6) is 0.277. The summed E-state index contributed by atoms with van der Waals surface area (Å²) >= 11 is 0. The maximum atomic E-state index is 13.0. The van der Waals surface area contributed by atoms with Crippen LogP contribution in [0.1, 0.15) is 83.9 Å². The fraction of sp³-hybridized carbons (Fsp3) is 0.367. The van der Waals surface area contributed by atoms with E-state index in [1.807, 2.05) is 22.8 Å². The Morgan fingerprint density at radius 3 is 2.58 bits per heavy atom. The molecule has 1 heterocycles. The second-order valence-electron chi connectivity index (χ2n) is 9.68. The zero-order chi connectivity index (χ0) is 25.9. The van der Waals surface area contributed by atoms with Gasteiger partial charge in [0.05, 0.1) is 12.7 Å². The van der Waals surface area contributed by atoms with Gasteiger partial charge in [-0.25, -0.2) is 9.78 Å². The summed E-state index contributed by atoms with van der Waals surface area (Å²) in [5.41, 5.74) is 5.90. The van der Waals surface area contributed by atoms with Crippen molar-refractivity contribution in [3.8, 4) is 6.07 Å². The Bertz CT molecular complexity index is 1350.